The minimum atomic E-state index is -5.22. The van der Waals surface area contributed by atoms with Crippen molar-refractivity contribution >= 4 is 0 Å². The lowest BCUT2D eigenvalue weighted by atomic mass is 9.84. The fourth-order valence-corrected chi connectivity index (χ4v) is 1.03. The molecule has 0 saturated heterocycles. The average Bonchev–Trinajstić information content (AvgIpc) is 1.75. The molecular formula is C8H12F6. The van der Waals surface area contributed by atoms with Crippen LogP contribution in [0.1, 0.15) is 27.2 Å². The van der Waals surface area contributed by atoms with Crippen LogP contribution in [0.3, 0.4) is 0 Å². The van der Waals surface area contributed by atoms with Crippen LogP contribution in [0.2, 0.25) is 0 Å². The van der Waals surface area contributed by atoms with E-state index in [1.54, 1.807) is 0 Å². The van der Waals surface area contributed by atoms with Crippen LogP contribution < -0.4 is 0 Å². The van der Waals surface area contributed by atoms with Gasteiger partial charge in [-0.1, -0.05) is 20.8 Å². The van der Waals surface area contributed by atoms with Crippen molar-refractivity contribution in [3.63, 3.8) is 0 Å². The molecule has 0 fully saturated rings. The van der Waals surface area contributed by atoms with Crippen molar-refractivity contribution in [1.29, 1.82) is 0 Å². The van der Waals surface area contributed by atoms with Crippen LogP contribution in [0.5, 0.6) is 0 Å². The maximum atomic E-state index is 12.0. The maximum absolute atomic E-state index is 12.0. The van der Waals surface area contributed by atoms with Crippen molar-refractivity contribution in [3.8, 4) is 0 Å². The third kappa shape index (κ3) is 4.72. The number of halogens is 6. The molecule has 0 aromatic heterocycles. The van der Waals surface area contributed by atoms with Crippen LogP contribution in [-0.2, 0) is 0 Å². The first-order valence-electron chi connectivity index (χ1n) is 3.97. The minimum absolute atomic E-state index is 0.944. The Balaban J connectivity index is 4.78. The number of alkyl halides is 6. The van der Waals surface area contributed by atoms with Gasteiger partial charge in [-0.05, 0) is 11.8 Å². The first-order chi connectivity index (χ1) is 5.84. The van der Waals surface area contributed by atoms with Gasteiger partial charge >= 0.3 is 12.4 Å². The van der Waals surface area contributed by atoms with Crippen LogP contribution in [0.4, 0.5) is 26.3 Å². The minimum Gasteiger partial charge on any atom is -0.170 e. The van der Waals surface area contributed by atoms with Gasteiger partial charge in [-0.25, -0.2) is 0 Å². The summed E-state index contributed by atoms with van der Waals surface area (Å²) in [7, 11) is 0. The SMILES string of the molecule is CC(C)(C)CC(C(F)(F)F)C(F)(F)F. The van der Waals surface area contributed by atoms with E-state index < -0.39 is 30.1 Å². The highest BCUT2D eigenvalue weighted by molar-refractivity contribution is 4.80. The van der Waals surface area contributed by atoms with Crippen LogP contribution in [0.15, 0.2) is 0 Å². The summed E-state index contributed by atoms with van der Waals surface area (Å²) in [5.41, 5.74) is -1.00. The largest absolute Gasteiger partial charge is 0.400 e. The molecule has 0 spiro atoms. The van der Waals surface area contributed by atoms with Crippen LogP contribution in [-0.4, -0.2) is 12.4 Å². The Hall–Kier alpha value is -0.420. The molecule has 86 valence electrons. The zero-order chi connectivity index (χ0) is 11.8. The third-order valence-corrected chi connectivity index (χ3v) is 1.61. The highest BCUT2D eigenvalue weighted by Crippen LogP contribution is 2.45. The summed E-state index contributed by atoms with van der Waals surface area (Å²) >= 11 is 0. The lowest BCUT2D eigenvalue weighted by molar-refractivity contribution is -0.290. The van der Waals surface area contributed by atoms with Gasteiger partial charge in [-0.3, -0.25) is 0 Å². The van der Waals surface area contributed by atoms with Gasteiger partial charge in [-0.15, -0.1) is 0 Å². The second kappa shape index (κ2) is 3.62. The van der Waals surface area contributed by atoms with Gasteiger partial charge in [0.1, 0.15) is 0 Å². The lowest BCUT2D eigenvalue weighted by Gasteiger charge is -2.29. The summed E-state index contributed by atoms with van der Waals surface area (Å²) in [6.45, 7) is 4.03. The molecule has 0 atom stereocenters. The number of rotatable bonds is 1. The molecule has 0 saturated carbocycles. The molecule has 0 nitrogen and oxygen atoms in total. The zero-order valence-corrected chi connectivity index (χ0v) is 8.05. The van der Waals surface area contributed by atoms with Crippen molar-refractivity contribution in [2.24, 2.45) is 11.3 Å². The monoisotopic (exact) mass is 222 g/mol. The molecule has 0 amide bonds. The van der Waals surface area contributed by atoms with E-state index in [1.807, 2.05) is 0 Å². The standard InChI is InChI=1S/C8H12F6/c1-6(2,3)4-5(7(9,10)11)8(12,13)14/h5H,4H2,1-3H3. The Morgan fingerprint density at radius 2 is 1.07 bits per heavy atom. The summed E-state index contributed by atoms with van der Waals surface area (Å²) in [5.74, 6) is -3.23. The van der Waals surface area contributed by atoms with Crippen molar-refractivity contribution in [3.05, 3.63) is 0 Å². The molecule has 0 rings (SSSR count). The van der Waals surface area contributed by atoms with Crippen molar-refractivity contribution < 1.29 is 26.3 Å². The van der Waals surface area contributed by atoms with E-state index in [-0.39, 0.29) is 0 Å². The average molecular weight is 222 g/mol. The third-order valence-electron chi connectivity index (χ3n) is 1.61. The Morgan fingerprint density at radius 3 is 1.14 bits per heavy atom. The van der Waals surface area contributed by atoms with Gasteiger partial charge in [0.15, 0.2) is 5.92 Å². The van der Waals surface area contributed by atoms with Crippen molar-refractivity contribution in [1.82, 2.24) is 0 Å². The predicted molar refractivity (Wildman–Crippen MR) is 39.7 cm³/mol. The highest BCUT2D eigenvalue weighted by Gasteiger charge is 2.57. The van der Waals surface area contributed by atoms with Gasteiger partial charge in [-0.2, -0.15) is 26.3 Å². The first-order valence-corrected chi connectivity index (χ1v) is 3.97. The smallest absolute Gasteiger partial charge is 0.170 e. The van der Waals surface area contributed by atoms with E-state index in [4.69, 9.17) is 0 Å². The fourth-order valence-electron chi connectivity index (χ4n) is 1.03. The molecule has 14 heavy (non-hydrogen) atoms. The topological polar surface area (TPSA) is 0 Å². The Morgan fingerprint density at radius 1 is 0.786 bits per heavy atom. The molecule has 0 N–H and O–H groups in total. The summed E-state index contributed by atoms with van der Waals surface area (Å²) in [6.07, 6.45) is -11.4. The Labute approximate surface area is 78.3 Å². The van der Waals surface area contributed by atoms with E-state index >= 15 is 0 Å². The van der Waals surface area contributed by atoms with Crippen LogP contribution in [0.25, 0.3) is 0 Å². The molecule has 0 aliphatic rings. The molecule has 0 radical (unpaired) electrons. The predicted octanol–water partition coefficient (Wildman–Crippen LogP) is 4.16. The summed E-state index contributed by atoms with van der Waals surface area (Å²) in [5, 5.41) is 0. The quantitative estimate of drug-likeness (QED) is 0.584. The van der Waals surface area contributed by atoms with Gasteiger partial charge in [0, 0.05) is 0 Å². The molecule has 0 heterocycles. The number of hydrogen-bond donors (Lipinski definition) is 0. The lowest BCUT2D eigenvalue weighted by Crippen LogP contribution is -2.39. The Bertz CT molecular complexity index is 167. The molecule has 0 bridgehead atoms. The second-order valence-corrected chi connectivity index (χ2v) is 4.40. The molecule has 0 aromatic carbocycles. The van der Waals surface area contributed by atoms with E-state index in [0.717, 1.165) is 0 Å². The van der Waals surface area contributed by atoms with Crippen molar-refractivity contribution in [2.45, 2.75) is 39.5 Å². The zero-order valence-electron chi connectivity index (χ0n) is 8.05. The first kappa shape index (κ1) is 13.6. The van der Waals surface area contributed by atoms with E-state index in [9.17, 15) is 26.3 Å². The van der Waals surface area contributed by atoms with E-state index in [1.165, 1.54) is 20.8 Å². The van der Waals surface area contributed by atoms with Gasteiger partial charge < -0.3 is 0 Å². The molecule has 0 aliphatic carbocycles. The highest BCUT2D eigenvalue weighted by atomic mass is 19.4. The van der Waals surface area contributed by atoms with Crippen LogP contribution in [0, 0.1) is 11.3 Å². The fraction of sp³-hybridized carbons (Fsp3) is 1.00. The van der Waals surface area contributed by atoms with Crippen LogP contribution >= 0.6 is 0 Å². The maximum Gasteiger partial charge on any atom is 0.400 e. The second-order valence-electron chi connectivity index (χ2n) is 4.40. The molecule has 6 heteroatoms. The molecule has 0 aromatic rings. The molecule has 0 aliphatic heterocycles. The molecular weight excluding hydrogens is 210 g/mol. The van der Waals surface area contributed by atoms with Gasteiger partial charge in [0.05, 0.1) is 0 Å². The van der Waals surface area contributed by atoms with Crippen molar-refractivity contribution in [2.75, 3.05) is 0 Å². The van der Waals surface area contributed by atoms with E-state index in [0.29, 0.717) is 0 Å². The Kier molecular flexibility index (Phi) is 3.51. The summed E-state index contributed by atoms with van der Waals surface area (Å²) in [6, 6.07) is 0. The van der Waals surface area contributed by atoms with Gasteiger partial charge in [0.2, 0.25) is 0 Å². The number of hydrogen-bond acceptors (Lipinski definition) is 0. The van der Waals surface area contributed by atoms with E-state index in [2.05, 4.69) is 0 Å². The summed E-state index contributed by atoms with van der Waals surface area (Å²) < 4.78 is 72.2. The van der Waals surface area contributed by atoms with Gasteiger partial charge in [0.25, 0.3) is 0 Å². The normalized spacial score (nSPS) is 15.0. The summed E-state index contributed by atoms with van der Waals surface area (Å²) in [4.78, 5) is 0. The molecule has 0 unspecified atom stereocenters.